The zero-order valence-electron chi connectivity index (χ0n) is 18.5. The quantitative estimate of drug-likeness (QED) is 0.266. The number of rotatable bonds is 4. The number of H-pyrrole nitrogens is 1. The molecule has 2 aliphatic heterocycles. The van der Waals surface area contributed by atoms with E-state index in [-0.39, 0.29) is 36.5 Å². The highest BCUT2D eigenvalue weighted by Gasteiger charge is 2.53. The molecule has 0 saturated carbocycles. The number of phenolic OH excluding ortho intramolecular Hbond substituents is 1. The average Bonchev–Trinajstić information content (AvgIpc) is 3.47. The van der Waals surface area contributed by atoms with Crippen LogP contribution in [0.2, 0.25) is 0 Å². The van der Waals surface area contributed by atoms with Gasteiger partial charge in [-0.1, -0.05) is 6.07 Å². The van der Waals surface area contributed by atoms with Gasteiger partial charge in [0.25, 0.3) is 17.4 Å². The number of nitrogen functional groups attached to an aromatic ring is 1. The predicted octanol–water partition coefficient (Wildman–Crippen LogP) is 1.16. The molecule has 12 heteroatoms. The molecular formula is C24H18N6O6. The van der Waals surface area contributed by atoms with Crippen molar-refractivity contribution in [3.8, 4) is 17.0 Å². The van der Waals surface area contributed by atoms with Gasteiger partial charge in [0.05, 0.1) is 12.2 Å². The van der Waals surface area contributed by atoms with Crippen LogP contribution >= 0.6 is 0 Å². The van der Waals surface area contributed by atoms with Crippen molar-refractivity contribution in [2.75, 3.05) is 12.3 Å². The van der Waals surface area contributed by atoms with E-state index < -0.39 is 23.0 Å². The molecule has 12 nitrogen and oxygen atoms in total. The average molecular weight is 486 g/mol. The molecule has 4 heterocycles. The summed E-state index contributed by atoms with van der Waals surface area (Å²) in [6, 6.07) is 11.7. The first kappa shape index (κ1) is 21.4. The van der Waals surface area contributed by atoms with Crippen molar-refractivity contribution in [3.63, 3.8) is 0 Å². The SMILES string of the molecule is Nc1nc(-c2ccc3oc(C4(CN5Cc6ccc(O)cc6C5=O)NC(=O)NC4=O)cc3c2)cc(=O)[nH]1. The lowest BCUT2D eigenvalue weighted by Crippen LogP contribution is -2.52. The molecule has 2 aliphatic rings. The molecule has 1 atom stereocenters. The van der Waals surface area contributed by atoms with Gasteiger partial charge in [-0.25, -0.2) is 9.78 Å². The molecule has 1 unspecified atom stereocenters. The van der Waals surface area contributed by atoms with E-state index in [0.717, 1.165) is 0 Å². The molecule has 6 rings (SSSR count). The summed E-state index contributed by atoms with van der Waals surface area (Å²) in [4.78, 5) is 58.0. The van der Waals surface area contributed by atoms with E-state index in [9.17, 15) is 24.3 Å². The number of urea groups is 1. The number of aromatic amines is 1. The third-order valence-corrected chi connectivity index (χ3v) is 6.33. The van der Waals surface area contributed by atoms with Crippen LogP contribution in [0.25, 0.3) is 22.2 Å². The van der Waals surface area contributed by atoms with Crippen molar-refractivity contribution in [2.45, 2.75) is 12.1 Å². The monoisotopic (exact) mass is 486 g/mol. The second-order valence-electron chi connectivity index (χ2n) is 8.70. The molecule has 1 fully saturated rings. The van der Waals surface area contributed by atoms with Crippen LogP contribution in [-0.2, 0) is 16.9 Å². The minimum Gasteiger partial charge on any atom is -0.508 e. The van der Waals surface area contributed by atoms with Gasteiger partial charge in [0.2, 0.25) is 5.95 Å². The molecule has 4 amide bonds. The second kappa shape index (κ2) is 7.43. The largest absolute Gasteiger partial charge is 0.508 e. The Labute approximate surface area is 201 Å². The van der Waals surface area contributed by atoms with Gasteiger partial charge in [-0.15, -0.1) is 0 Å². The Morgan fingerprint density at radius 1 is 1.08 bits per heavy atom. The van der Waals surface area contributed by atoms with Crippen LogP contribution in [0.3, 0.4) is 0 Å². The number of aromatic nitrogens is 2. The van der Waals surface area contributed by atoms with Crippen LogP contribution in [0.4, 0.5) is 10.7 Å². The maximum absolute atomic E-state index is 13.1. The number of furan rings is 1. The summed E-state index contributed by atoms with van der Waals surface area (Å²) < 4.78 is 5.99. The van der Waals surface area contributed by atoms with Gasteiger partial charge in [0.1, 0.15) is 17.1 Å². The van der Waals surface area contributed by atoms with Gasteiger partial charge in [0.15, 0.2) is 5.54 Å². The van der Waals surface area contributed by atoms with Gasteiger partial charge in [-0.3, -0.25) is 24.7 Å². The highest BCUT2D eigenvalue weighted by molar-refractivity contribution is 6.08. The molecular weight excluding hydrogens is 468 g/mol. The number of carbonyl (C=O) groups is 3. The van der Waals surface area contributed by atoms with Crippen molar-refractivity contribution in [1.29, 1.82) is 0 Å². The molecule has 180 valence electrons. The van der Waals surface area contributed by atoms with E-state index in [4.69, 9.17) is 10.2 Å². The van der Waals surface area contributed by atoms with Gasteiger partial charge < -0.3 is 25.5 Å². The van der Waals surface area contributed by atoms with E-state index >= 15 is 0 Å². The summed E-state index contributed by atoms with van der Waals surface area (Å²) >= 11 is 0. The third kappa shape index (κ3) is 3.27. The lowest BCUT2D eigenvalue weighted by atomic mass is 9.95. The summed E-state index contributed by atoms with van der Waals surface area (Å²) in [5, 5.41) is 15.2. The lowest BCUT2D eigenvalue weighted by molar-refractivity contribution is -0.125. The molecule has 2 aromatic carbocycles. The molecule has 1 saturated heterocycles. The standard InChI is InChI=1S/C24H18N6O6/c25-22-26-16(8-19(32)27-22)11-2-4-17-13(5-11)6-18(36-17)24(21(34)28-23(35)29-24)10-30-9-12-1-3-14(31)7-15(12)20(30)33/h1-8,31H,9-10H2,(H3,25,26,27,32)(H2,28,29,34,35). The Balaban J connectivity index is 1.40. The molecule has 4 aromatic rings. The number of nitrogens with two attached hydrogens (primary N) is 1. The molecule has 6 N–H and O–H groups in total. The molecule has 0 spiro atoms. The Kier molecular flexibility index (Phi) is 4.42. The summed E-state index contributed by atoms with van der Waals surface area (Å²) in [7, 11) is 0. The number of hydrogen-bond donors (Lipinski definition) is 5. The summed E-state index contributed by atoms with van der Waals surface area (Å²) in [6.07, 6.45) is 0. The number of anilines is 1. The number of nitrogens with zero attached hydrogens (tertiary/aromatic N) is 2. The fourth-order valence-electron chi connectivity index (χ4n) is 4.65. The maximum atomic E-state index is 13.1. The Morgan fingerprint density at radius 2 is 1.92 bits per heavy atom. The van der Waals surface area contributed by atoms with Crippen molar-refractivity contribution in [2.24, 2.45) is 0 Å². The van der Waals surface area contributed by atoms with Gasteiger partial charge in [-0.2, -0.15) is 0 Å². The fraction of sp³-hybridized carbons (Fsp3) is 0.125. The fourth-order valence-corrected chi connectivity index (χ4v) is 4.65. The number of fused-ring (bicyclic) bond motifs is 2. The third-order valence-electron chi connectivity index (χ3n) is 6.33. The molecule has 2 aromatic heterocycles. The number of benzene rings is 2. The first-order valence-corrected chi connectivity index (χ1v) is 10.9. The van der Waals surface area contributed by atoms with Crippen LogP contribution in [0.1, 0.15) is 21.7 Å². The lowest BCUT2D eigenvalue weighted by Gasteiger charge is -2.29. The molecule has 0 radical (unpaired) electrons. The topological polar surface area (TPSA) is 184 Å². The number of amides is 4. The van der Waals surface area contributed by atoms with E-state index in [1.807, 2.05) is 0 Å². The Bertz CT molecular complexity index is 1670. The number of hydrogen-bond acceptors (Lipinski definition) is 8. The number of imide groups is 1. The smallest absolute Gasteiger partial charge is 0.322 e. The van der Waals surface area contributed by atoms with Crippen molar-refractivity contribution >= 4 is 34.8 Å². The normalized spacial score (nSPS) is 19.0. The van der Waals surface area contributed by atoms with E-state index in [1.165, 1.54) is 23.1 Å². The zero-order chi connectivity index (χ0) is 25.2. The van der Waals surface area contributed by atoms with Crippen LogP contribution in [0.5, 0.6) is 5.75 Å². The highest BCUT2D eigenvalue weighted by Crippen LogP contribution is 2.35. The zero-order valence-corrected chi connectivity index (χ0v) is 18.5. The number of aromatic hydroxyl groups is 1. The summed E-state index contributed by atoms with van der Waals surface area (Å²) in [5.41, 5.74) is 5.95. The summed E-state index contributed by atoms with van der Waals surface area (Å²) in [5.74, 6) is -0.995. The minimum atomic E-state index is -1.68. The van der Waals surface area contributed by atoms with E-state index in [1.54, 1.807) is 30.3 Å². The minimum absolute atomic E-state index is 0.0284. The molecule has 36 heavy (non-hydrogen) atoms. The van der Waals surface area contributed by atoms with Crippen LogP contribution < -0.4 is 21.9 Å². The van der Waals surface area contributed by atoms with E-state index in [2.05, 4.69) is 20.6 Å². The van der Waals surface area contributed by atoms with Crippen molar-refractivity contribution in [3.05, 3.63) is 75.8 Å². The number of carbonyl (C=O) groups excluding carboxylic acids is 3. The van der Waals surface area contributed by atoms with Gasteiger partial charge >= 0.3 is 6.03 Å². The highest BCUT2D eigenvalue weighted by atomic mass is 16.3. The first-order chi connectivity index (χ1) is 17.2. The van der Waals surface area contributed by atoms with Crippen LogP contribution in [-0.4, -0.2) is 44.4 Å². The van der Waals surface area contributed by atoms with Gasteiger partial charge in [0, 0.05) is 29.1 Å². The maximum Gasteiger partial charge on any atom is 0.322 e. The molecule has 0 bridgehead atoms. The Morgan fingerprint density at radius 3 is 2.67 bits per heavy atom. The summed E-state index contributed by atoms with van der Waals surface area (Å²) in [6.45, 7) is -0.00293. The number of nitrogens with one attached hydrogen (secondary N) is 3. The van der Waals surface area contributed by atoms with Crippen molar-refractivity contribution < 1.29 is 23.9 Å². The predicted molar refractivity (Wildman–Crippen MR) is 126 cm³/mol. The second-order valence-corrected chi connectivity index (χ2v) is 8.70. The molecule has 0 aliphatic carbocycles. The van der Waals surface area contributed by atoms with Crippen LogP contribution in [0, 0.1) is 0 Å². The van der Waals surface area contributed by atoms with Gasteiger partial charge in [-0.05, 0) is 42.0 Å². The first-order valence-electron chi connectivity index (χ1n) is 10.9. The number of phenols is 1. The van der Waals surface area contributed by atoms with Crippen LogP contribution in [0.15, 0.2) is 57.7 Å². The Hall–Kier alpha value is -5.13. The van der Waals surface area contributed by atoms with Crippen molar-refractivity contribution in [1.82, 2.24) is 25.5 Å². The van der Waals surface area contributed by atoms with E-state index in [0.29, 0.717) is 33.4 Å².